The van der Waals surface area contributed by atoms with Crippen molar-refractivity contribution in [2.24, 2.45) is 0 Å². The molecule has 0 heterocycles. The van der Waals surface area contributed by atoms with Crippen LogP contribution in [0.2, 0.25) is 0 Å². The topological polar surface area (TPSA) is 20.2 Å². The predicted octanol–water partition coefficient (Wildman–Crippen LogP) is 6.80. The van der Waals surface area contributed by atoms with E-state index in [1.54, 1.807) is 0 Å². The summed E-state index contributed by atoms with van der Waals surface area (Å²) in [5, 5.41) is 8.69. The first-order chi connectivity index (χ1) is 10.4. The molecule has 0 saturated heterocycles. The molecule has 0 aliphatic carbocycles. The third kappa shape index (κ3) is 19.7. The second-order valence-electron chi connectivity index (χ2n) is 6.46. The van der Waals surface area contributed by atoms with Gasteiger partial charge in [0.2, 0.25) is 0 Å². The van der Waals surface area contributed by atoms with Gasteiger partial charge in [-0.25, -0.2) is 0 Å². The fraction of sp³-hybridized carbons (Fsp3) is 0.900. The molecule has 126 valence electrons. The van der Waals surface area contributed by atoms with Crippen LogP contribution >= 0.6 is 0 Å². The van der Waals surface area contributed by atoms with E-state index in [4.69, 9.17) is 5.11 Å². The molecule has 0 fully saturated rings. The Labute approximate surface area is 134 Å². The first-order valence-corrected chi connectivity index (χ1v) is 9.63. The van der Waals surface area contributed by atoms with Crippen molar-refractivity contribution in [3.8, 4) is 0 Å². The number of hydrogen-bond acceptors (Lipinski definition) is 1. The van der Waals surface area contributed by atoms with Crippen molar-refractivity contribution in [2.45, 2.75) is 109 Å². The van der Waals surface area contributed by atoms with Gasteiger partial charge < -0.3 is 5.11 Å². The number of allylic oxidation sites excluding steroid dienone is 1. The van der Waals surface area contributed by atoms with Crippen molar-refractivity contribution in [3.63, 3.8) is 0 Å². The van der Waals surface area contributed by atoms with E-state index in [-0.39, 0.29) is 0 Å². The van der Waals surface area contributed by atoms with Gasteiger partial charge in [0, 0.05) is 6.61 Å². The van der Waals surface area contributed by atoms with Gasteiger partial charge >= 0.3 is 0 Å². The summed E-state index contributed by atoms with van der Waals surface area (Å²) >= 11 is 0. The normalized spacial score (nSPS) is 10.9. The van der Waals surface area contributed by atoms with Gasteiger partial charge in [0.15, 0.2) is 0 Å². The highest BCUT2D eigenvalue weighted by atomic mass is 16.2. The molecule has 0 bridgehead atoms. The summed E-state index contributed by atoms with van der Waals surface area (Å²) in [5.41, 5.74) is 0. The monoisotopic (exact) mass is 296 g/mol. The summed E-state index contributed by atoms with van der Waals surface area (Å²) in [7, 11) is 0. The Hall–Kier alpha value is -0.300. The van der Waals surface area contributed by atoms with E-state index in [9.17, 15) is 0 Å². The molecule has 21 heavy (non-hydrogen) atoms. The molecule has 0 radical (unpaired) electrons. The lowest BCUT2D eigenvalue weighted by atomic mass is 10.0. The Balaban J connectivity index is 2.91. The van der Waals surface area contributed by atoms with Crippen LogP contribution in [-0.4, -0.2) is 11.7 Å². The zero-order chi connectivity index (χ0) is 15.4. The van der Waals surface area contributed by atoms with Gasteiger partial charge in [-0.05, 0) is 19.3 Å². The Morgan fingerprint density at radius 3 is 1.05 bits per heavy atom. The molecule has 1 nitrogen and oxygen atoms in total. The number of rotatable bonds is 18. The van der Waals surface area contributed by atoms with Gasteiger partial charge in [0.25, 0.3) is 0 Å². The lowest BCUT2D eigenvalue weighted by molar-refractivity contribution is 0.282. The molecule has 0 rings (SSSR count). The van der Waals surface area contributed by atoms with Crippen molar-refractivity contribution in [2.75, 3.05) is 6.61 Å². The highest BCUT2D eigenvalue weighted by Gasteiger charge is 1.94. The summed E-state index contributed by atoms with van der Waals surface area (Å²) in [6.07, 6.45) is 25.2. The third-order valence-corrected chi connectivity index (χ3v) is 4.32. The molecule has 0 spiro atoms. The molecule has 0 aliphatic heterocycles. The van der Waals surface area contributed by atoms with Crippen molar-refractivity contribution in [3.05, 3.63) is 12.7 Å². The van der Waals surface area contributed by atoms with Gasteiger partial charge in [-0.2, -0.15) is 0 Å². The first-order valence-electron chi connectivity index (χ1n) is 9.63. The van der Waals surface area contributed by atoms with Crippen molar-refractivity contribution in [1.82, 2.24) is 0 Å². The van der Waals surface area contributed by atoms with Gasteiger partial charge in [-0.3, -0.25) is 0 Å². The Kier molecular flexibility index (Phi) is 19.4. The number of hydrogen-bond donors (Lipinski definition) is 1. The Bertz CT molecular complexity index is 188. The van der Waals surface area contributed by atoms with Gasteiger partial charge in [-0.15, -0.1) is 6.58 Å². The fourth-order valence-corrected chi connectivity index (χ4v) is 2.88. The molecule has 1 N–H and O–H groups in total. The standard InChI is InChI=1S/C20H40O/c1-2-3-4-5-6-7-8-9-10-11-12-13-14-15-16-17-18-19-20-21/h2,21H,1,3-20H2. The molecular formula is C20H40O. The second-order valence-corrected chi connectivity index (χ2v) is 6.46. The lowest BCUT2D eigenvalue weighted by Crippen LogP contribution is -1.85. The average Bonchev–Trinajstić information content (AvgIpc) is 2.50. The van der Waals surface area contributed by atoms with Crippen molar-refractivity contribution >= 4 is 0 Å². The summed E-state index contributed by atoms with van der Waals surface area (Å²) in [5.74, 6) is 0. The largest absolute Gasteiger partial charge is 0.396 e. The van der Waals surface area contributed by atoms with E-state index in [2.05, 4.69) is 6.58 Å². The predicted molar refractivity (Wildman–Crippen MR) is 95.8 cm³/mol. The van der Waals surface area contributed by atoms with Crippen LogP contribution in [0, 0.1) is 0 Å². The van der Waals surface area contributed by atoms with E-state index >= 15 is 0 Å². The second kappa shape index (κ2) is 19.7. The van der Waals surface area contributed by atoms with E-state index in [0.717, 1.165) is 6.42 Å². The quantitative estimate of drug-likeness (QED) is 0.218. The maximum Gasteiger partial charge on any atom is 0.0431 e. The minimum absolute atomic E-state index is 0.370. The van der Waals surface area contributed by atoms with Crippen LogP contribution in [0.5, 0.6) is 0 Å². The average molecular weight is 297 g/mol. The minimum atomic E-state index is 0.370. The number of unbranched alkanes of at least 4 members (excludes halogenated alkanes) is 16. The molecule has 0 amide bonds. The summed E-state index contributed by atoms with van der Waals surface area (Å²) in [6, 6.07) is 0. The van der Waals surface area contributed by atoms with Crippen molar-refractivity contribution < 1.29 is 5.11 Å². The fourth-order valence-electron chi connectivity index (χ4n) is 2.88. The number of aliphatic hydroxyl groups excluding tert-OH is 1. The third-order valence-electron chi connectivity index (χ3n) is 4.32. The van der Waals surface area contributed by atoms with Crippen LogP contribution in [0.3, 0.4) is 0 Å². The smallest absolute Gasteiger partial charge is 0.0431 e. The van der Waals surface area contributed by atoms with E-state index in [0.29, 0.717) is 6.61 Å². The van der Waals surface area contributed by atoms with Gasteiger partial charge in [0.05, 0.1) is 0 Å². The maximum absolute atomic E-state index is 8.69. The molecule has 0 aromatic heterocycles. The van der Waals surface area contributed by atoms with Crippen LogP contribution in [0.4, 0.5) is 0 Å². The Morgan fingerprint density at radius 2 is 0.762 bits per heavy atom. The van der Waals surface area contributed by atoms with Crippen LogP contribution in [-0.2, 0) is 0 Å². The lowest BCUT2D eigenvalue weighted by Gasteiger charge is -2.03. The highest BCUT2D eigenvalue weighted by molar-refractivity contribution is 4.65. The molecule has 0 aliphatic rings. The first kappa shape index (κ1) is 20.7. The SMILES string of the molecule is C=CCCCCCCCCCCCCCCCCCCO. The minimum Gasteiger partial charge on any atom is -0.396 e. The van der Waals surface area contributed by atoms with Crippen molar-refractivity contribution in [1.29, 1.82) is 0 Å². The van der Waals surface area contributed by atoms with Gasteiger partial charge in [0.1, 0.15) is 0 Å². The van der Waals surface area contributed by atoms with Crippen LogP contribution in [0.15, 0.2) is 12.7 Å². The van der Waals surface area contributed by atoms with Crippen LogP contribution < -0.4 is 0 Å². The number of aliphatic hydroxyl groups is 1. The molecular weight excluding hydrogens is 256 g/mol. The Morgan fingerprint density at radius 1 is 0.476 bits per heavy atom. The summed E-state index contributed by atoms with van der Waals surface area (Å²) in [6.45, 7) is 4.13. The van der Waals surface area contributed by atoms with E-state index < -0.39 is 0 Å². The summed E-state index contributed by atoms with van der Waals surface area (Å²) < 4.78 is 0. The maximum atomic E-state index is 8.69. The van der Waals surface area contributed by atoms with Crippen LogP contribution in [0.25, 0.3) is 0 Å². The zero-order valence-electron chi connectivity index (χ0n) is 14.5. The molecule has 0 atom stereocenters. The van der Waals surface area contributed by atoms with E-state index in [1.165, 1.54) is 103 Å². The van der Waals surface area contributed by atoms with E-state index in [1.807, 2.05) is 6.08 Å². The molecule has 0 saturated carbocycles. The highest BCUT2D eigenvalue weighted by Crippen LogP contribution is 2.13. The molecule has 0 aromatic rings. The van der Waals surface area contributed by atoms with Gasteiger partial charge in [-0.1, -0.05) is 96.0 Å². The zero-order valence-corrected chi connectivity index (χ0v) is 14.5. The molecule has 1 heteroatoms. The molecule has 0 unspecified atom stereocenters. The molecule has 0 aromatic carbocycles. The summed E-state index contributed by atoms with van der Waals surface area (Å²) in [4.78, 5) is 0. The van der Waals surface area contributed by atoms with Crippen LogP contribution in [0.1, 0.15) is 109 Å².